The fourth-order valence-electron chi connectivity index (χ4n) is 1.42. The molecule has 2 rings (SSSR count). The Balaban J connectivity index is 2.38. The molecule has 3 N–H and O–H groups in total. The van der Waals surface area contributed by atoms with Gasteiger partial charge in [-0.1, -0.05) is 35.3 Å². The fourth-order valence-corrected chi connectivity index (χ4v) is 3.01. The second kappa shape index (κ2) is 5.28. The first kappa shape index (κ1) is 14.0. The molecule has 0 heterocycles. The van der Waals surface area contributed by atoms with E-state index in [1.54, 1.807) is 24.3 Å². The van der Waals surface area contributed by atoms with Crippen LogP contribution in [0.1, 0.15) is 0 Å². The van der Waals surface area contributed by atoms with E-state index in [0.29, 0.717) is 16.4 Å². The van der Waals surface area contributed by atoms with Gasteiger partial charge in [-0.25, -0.2) is 8.42 Å². The van der Waals surface area contributed by atoms with E-state index >= 15 is 0 Å². The number of anilines is 2. The number of para-hydroxylation sites is 1. The molecule has 0 atom stereocenters. The first-order chi connectivity index (χ1) is 8.90. The van der Waals surface area contributed by atoms with Gasteiger partial charge in [-0.05, 0) is 30.3 Å². The van der Waals surface area contributed by atoms with Gasteiger partial charge in [0.25, 0.3) is 10.0 Å². The lowest BCUT2D eigenvalue weighted by atomic mass is 10.3. The molecule has 0 aliphatic rings. The summed E-state index contributed by atoms with van der Waals surface area (Å²) in [4.78, 5) is 0.0200. The number of nitrogen functional groups attached to an aromatic ring is 1. The summed E-state index contributed by atoms with van der Waals surface area (Å²) in [7, 11) is -3.75. The summed E-state index contributed by atoms with van der Waals surface area (Å²) in [6.45, 7) is 0. The molecule has 0 aliphatic carbocycles. The molecule has 0 saturated carbocycles. The SMILES string of the molecule is Nc1ccc(S(=O)(=O)Nc2ccccc2Cl)cc1Cl. The number of sulfonamides is 1. The fraction of sp³-hybridized carbons (Fsp3) is 0. The lowest BCUT2D eigenvalue weighted by Crippen LogP contribution is -2.13. The van der Waals surface area contributed by atoms with Gasteiger partial charge in [0, 0.05) is 0 Å². The molecular formula is C12H10Cl2N2O2S. The van der Waals surface area contributed by atoms with Gasteiger partial charge in [0.1, 0.15) is 0 Å². The van der Waals surface area contributed by atoms with Crippen LogP contribution in [0, 0.1) is 0 Å². The molecular weight excluding hydrogens is 307 g/mol. The lowest BCUT2D eigenvalue weighted by molar-refractivity contribution is 0.601. The van der Waals surface area contributed by atoms with Crippen molar-refractivity contribution in [3.05, 3.63) is 52.5 Å². The van der Waals surface area contributed by atoms with Gasteiger partial charge in [-0.2, -0.15) is 0 Å². The van der Waals surface area contributed by atoms with Crippen molar-refractivity contribution >= 4 is 44.6 Å². The summed E-state index contributed by atoms with van der Waals surface area (Å²) in [5.74, 6) is 0. The van der Waals surface area contributed by atoms with E-state index in [4.69, 9.17) is 28.9 Å². The van der Waals surface area contributed by atoms with Crippen LogP contribution in [-0.2, 0) is 10.0 Å². The molecule has 0 bridgehead atoms. The predicted molar refractivity (Wildman–Crippen MR) is 78.1 cm³/mol. The molecule has 0 saturated heterocycles. The van der Waals surface area contributed by atoms with Crippen LogP contribution in [0.5, 0.6) is 0 Å². The van der Waals surface area contributed by atoms with Crippen LogP contribution in [0.15, 0.2) is 47.4 Å². The molecule has 0 spiro atoms. The normalized spacial score (nSPS) is 11.3. The van der Waals surface area contributed by atoms with Crippen molar-refractivity contribution in [1.29, 1.82) is 0 Å². The van der Waals surface area contributed by atoms with Crippen molar-refractivity contribution in [2.75, 3.05) is 10.5 Å². The number of benzene rings is 2. The van der Waals surface area contributed by atoms with E-state index < -0.39 is 10.0 Å². The number of hydrogen-bond donors (Lipinski definition) is 2. The summed E-state index contributed by atoms with van der Waals surface area (Å²) >= 11 is 11.7. The maximum Gasteiger partial charge on any atom is 0.261 e. The quantitative estimate of drug-likeness (QED) is 0.853. The van der Waals surface area contributed by atoms with E-state index in [2.05, 4.69) is 4.72 Å². The minimum Gasteiger partial charge on any atom is -0.398 e. The molecule has 100 valence electrons. The Morgan fingerprint density at radius 3 is 2.32 bits per heavy atom. The summed E-state index contributed by atoms with van der Waals surface area (Å²) in [5.41, 5.74) is 6.16. The van der Waals surface area contributed by atoms with Crippen molar-refractivity contribution in [2.24, 2.45) is 0 Å². The number of rotatable bonds is 3. The molecule has 0 unspecified atom stereocenters. The average molecular weight is 317 g/mol. The van der Waals surface area contributed by atoms with Crippen LogP contribution in [0.25, 0.3) is 0 Å². The van der Waals surface area contributed by atoms with E-state index in [9.17, 15) is 8.42 Å². The first-order valence-corrected chi connectivity index (χ1v) is 7.46. The summed E-state index contributed by atoms with van der Waals surface area (Å²) in [6, 6.07) is 10.6. The Hall–Kier alpha value is -1.43. The van der Waals surface area contributed by atoms with Gasteiger partial charge >= 0.3 is 0 Å². The van der Waals surface area contributed by atoms with Crippen molar-refractivity contribution in [3.63, 3.8) is 0 Å². The highest BCUT2D eigenvalue weighted by atomic mass is 35.5. The van der Waals surface area contributed by atoms with E-state index in [0.717, 1.165) is 0 Å². The Kier molecular flexibility index (Phi) is 3.89. The maximum atomic E-state index is 12.1. The van der Waals surface area contributed by atoms with E-state index in [1.807, 2.05) is 0 Å². The zero-order chi connectivity index (χ0) is 14.0. The highest BCUT2D eigenvalue weighted by Gasteiger charge is 2.16. The molecule has 2 aromatic rings. The van der Waals surface area contributed by atoms with Gasteiger partial charge < -0.3 is 5.73 Å². The van der Waals surface area contributed by atoms with Crippen molar-refractivity contribution in [2.45, 2.75) is 4.90 Å². The second-order valence-electron chi connectivity index (χ2n) is 3.77. The monoisotopic (exact) mass is 316 g/mol. The number of hydrogen-bond acceptors (Lipinski definition) is 3. The standard InChI is InChI=1S/C12H10Cl2N2O2S/c13-9-3-1-2-4-12(9)16-19(17,18)8-5-6-11(15)10(14)7-8/h1-7,16H,15H2. The van der Waals surface area contributed by atoms with Gasteiger partial charge in [-0.3, -0.25) is 4.72 Å². The molecule has 0 aliphatic heterocycles. The molecule has 0 amide bonds. The maximum absolute atomic E-state index is 12.1. The van der Waals surface area contributed by atoms with Crippen molar-refractivity contribution < 1.29 is 8.42 Å². The smallest absolute Gasteiger partial charge is 0.261 e. The first-order valence-electron chi connectivity index (χ1n) is 5.22. The summed E-state index contributed by atoms with van der Waals surface area (Å²) in [5, 5.41) is 0.495. The van der Waals surface area contributed by atoms with Crippen LogP contribution in [0.2, 0.25) is 10.0 Å². The highest BCUT2D eigenvalue weighted by Crippen LogP contribution is 2.26. The molecule has 2 aromatic carbocycles. The van der Waals surface area contributed by atoms with Crippen molar-refractivity contribution in [3.8, 4) is 0 Å². The van der Waals surface area contributed by atoms with Crippen LogP contribution in [0.4, 0.5) is 11.4 Å². The zero-order valence-corrected chi connectivity index (χ0v) is 11.9. The van der Waals surface area contributed by atoms with Crippen LogP contribution in [0.3, 0.4) is 0 Å². The minimum absolute atomic E-state index is 0.0200. The Bertz CT molecular complexity index is 717. The van der Waals surface area contributed by atoms with Gasteiger partial charge in [0.05, 0.1) is 26.3 Å². The highest BCUT2D eigenvalue weighted by molar-refractivity contribution is 7.92. The molecule has 0 fully saturated rings. The molecule has 4 nitrogen and oxygen atoms in total. The number of nitrogens with two attached hydrogens (primary N) is 1. The summed E-state index contributed by atoms with van der Waals surface area (Å²) < 4.78 is 26.7. The van der Waals surface area contributed by atoms with Crippen LogP contribution >= 0.6 is 23.2 Å². The molecule has 19 heavy (non-hydrogen) atoms. The predicted octanol–water partition coefficient (Wildman–Crippen LogP) is 3.38. The van der Waals surface area contributed by atoms with Crippen molar-refractivity contribution in [1.82, 2.24) is 0 Å². The van der Waals surface area contributed by atoms with E-state index in [-0.39, 0.29) is 9.92 Å². The second-order valence-corrected chi connectivity index (χ2v) is 6.27. The Morgan fingerprint density at radius 1 is 1.00 bits per heavy atom. The lowest BCUT2D eigenvalue weighted by Gasteiger charge is -2.10. The minimum atomic E-state index is -3.75. The average Bonchev–Trinajstić information content (AvgIpc) is 2.35. The number of halogens is 2. The van der Waals surface area contributed by atoms with Gasteiger partial charge in [-0.15, -0.1) is 0 Å². The third-order valence-corrected chi connectivity index (χ3v) is 4.42. The van der Waals surface area contributed by atoms with Crippen LogP contribution < -0.4 is 10.5 Å². The molecule has 7 heteroatoms. The topological polar surface area (TPSA) is 72.2 Å². The largest absolute Gasteiger partial charge is 0.398 e. The summed E-state index contributed by atoms with van der Waals surface area (Å²) in [6.07, 6.45) is 0. The Labute approximate surface area is 121 Å². The number of nitrogens with one attached hydrogen (secondary N) is 1. The van der Waals surface area contributed by atoms with Gasteiger partial charge in [0.15, 0.2) is 0 Å². The van der Waals surface area contributed by atoms with Crippen LogP contribution in [-0.4, -0.2) is 8.42 Å². The zero-order valence-electron chi connectivity index (χ0n) is 9.60. The third kappa shape index (κ3) is 3.12. The van der Waals surface area contributed by atoms with Gasteiger partial charge in [0.2, 0.25) is 0 Å². The van der Waals surface area contributed by atoms with E-state index in [1.165, 1.54) is 18.2 Å². The molecule has 0 aromatic heterocycles. The third-order valence-electron chi connectivity index (χ3n) is 2.40. The molecule has 0 radical (unpaired) electrons. The Morgan fingerprint density at radius 2 is 1.68 bits per heavy atom.